The molecule has 2 unspecified atom stereocenters. The molecule has 3 heteroatoms. The van der Waals surface area contributed by atoms with Gasteiger partial charge in [-0.2, -0.15) is 11.8 Å². The fourth-order valence-corrected chi connectivity index (χ4v) is 3.67. The van der Waals surface area contributed by atoms with E-state index < -0.39 is 0 Å². The van der Waals surface area contributed by atoms with Gasteiger partial charge in [0.05, 0.1) is 6.61 Å². The number of rotatable bonds is 4. The van der Waals surface area contributed by atoms with Gasteiger partial charge in [0.1, 0.15) is 0 Å². The maximum Gasteiger partial charge on any atom is 0.302 e. The highest BCUT2D eigenvalue weighted by atomic mass is 32.2. The molecule has 1 saturated heterocycles. The van der Waals surface area contributed by atoms with Gasteiger partial charge >= 0.3 is 5.97 Å². The van der Waals surface area contributed by atoms with Crippen LogP contribution < -0.4 is 0 Å². The van der Waals surface area contributed by atoms with Gasteiger partial charge in [-0.15, -0.1) is 0 Å². The van der Waals surface area contributed by atoms with Crippen molar-refractivity contribution in [1.29, 1.82) is 0 Å². The molecule has 0 N–H and O–H groups in total. The SMILES string of the molecule is CC(=O)OCCC1(C)CCC(C(C)C)S1. The van der Waals surface area contributed by atoms with Crippen LogP contribution >= 0.6 is 11.8 Å². The van der Waals surface area contributed by atoms with Crippen LogP contribution in [-0.4, -0.2) is 22.6 Å². The molecule has 88 valence electrons. The maximum absolute atomic E-state index is 10.7. The van der Waals surface area contributed by atoms with Crippen molar-refractivity contribution in [1.82, 2.24) is 0 Å². The summed E-state index contributed by atoms with van der Waals surface area (Å²) in [6, 6.07) is 0. The molecular formula is C12H22O2S. The Kier molecular flexibility index (Phi) is 4.50. The van der Waals surface area contributed by atoms with Crippen molar-refractivity contribution < 1.29 is 9.53 Å². The van der Waals surface area contributed by atoms with Crippen LogP contribution in [-0.2, 0) is 9.53 Å². The van der Waals surface area contributed by atoms with Crippen LogP contribution in [0.15, 0.2) is 0 Å². The molecule has 1 heterocycles. The van der Waals surface area contributed by atoms with Gasteiger partial charge in [0, 0.05) is 16.9 Å². The van der Waals surface area contributed by atoms with Gasteiger partial charge < -0.3 is 4.74 Å². The lowest BCUT2D eigenvalue weighted by Gasteiger charge is -2.24. The lowest BCUT2D eigenvalue weighted by Crippen LogP contribution is -2.20. The van der Waals surface area contributed by atoms with E-state index in [9.17, 15) is 4.79 Å². The highest BCUT2D eigenvalue weighted by molar-refractivity contribution is 8.01. The van der Waals surface area contributed by atoms with Crippen molar-refractivity contribution in [2.45, 2.75) is 57.0 Å². The molecule has 1 aliphatic heterocycles. The molecule has 0 aromatic rings. The molecule has 1 aliphatic rings. The van der Waals surface area contributed by atoms with Gasteiger partial charge in [0.2, 0.25) is 0 Å². The number of ether oxygens (including phenoxy) is 1. The van der Waals surface area contributed by atoms with E-state index in [0.717, 1.165) is 17.6 Å². The summed E-state index contributed by atoms with van der Waals surface area (Å²) in [6.07, 6.45) is 3.54. The zero-order valence-electron chi connectivity index (χ0n) is 10.2. The Hall–Kier alpha value is -0.180. The third-order valence-electron chi connectivity index (χ3n) is 3.07. The van der Waals surface area contributed by atoms with E-state index in [1.165, 1.54) is 19.8 Å². The van der Waals surface area contributed by atoms with Crippen LogP contribution in [0.25, 0.3) is 0 Å². The molecule has 0 aromatic carbocycles. The first kappa shape index (κ1) is 12.9. The van der Waals surface area contributed by atoms with E-state index in [0.29, 0.717) is 11.4 Å². The summed E-state index contributed by atoms with van der Waals surface area (Å²) >= 11 is 2.08. The van der Waals surface area contributed by atoms with Crippen LogP contribution in [0.4, 0.5) is 0 Å². The van der Waals surface area contributed by atoms with Gasteiger partial charge in [0.15, 0.2) is 0 Å². The topological polar surface area (TPSA) is 26.3 Å². The molecule has 0 saturated carbocycles. The van der Waals surface area contributed by atoms with Gasteiger partial charge in [0.25, 0.3) is 0 Å². The van der Waals surface area contributed by atoms with E-state index in [4.69, 9.17) is 4.74 Å². The summed E-state index contributed by atoms with van der Waals surface area (Å²) in [6.45, 7) is 8.92. The molecule has 0 spiro atoms. The minimum absolute atomic E-state index is 0.165. The minimum Gasteiger partial charge on any atom is -0.466 e. The normalized spacial score (nSPS) is 30.9. The summed E-state index contributed by atoms with van der Waals surface area (Å²) < 4.78 is 5.34. The lowest BCUT2D eigenvalue weighted by atomic mass is 9.97. The minimum atomic E-state index is -0.165. The van der Waals surface area contributed by atoms with Crippen LogP contribution in [0.2, 0.25) is 0 Å². The first-order chi connectivity index (χ1) is 6.93. The number of hydrogen-bond acceptors (Lipinski definition) is 3. The Balaban J connectivity index is 2.32. The number of hydrogen-bond donors (Lipinski definition) is 0. The molecule has 0 amide bonds. The monoisotopic (exact) mass is 230 g/mol. The van der Waals surface area contributed by atoms with Crippen molar-refractivity contribution in [2.75, 3.05) is 6.61 Å². The number of carbonyl (C=O) groups excluding carboxylic acids is 1. The largest absolute Gasteiger partial charge is 0.466 e. The zero-order chi connectivity index (χ0) is 11.5. The number of carbonyl (C=O) groups is 1. The van der Waals surface area contributed by atoms with Crippen LogP contribution in [0.1, 0.15) is 47.0 Å². The summed E-state index contributed by atoms with van der Waals surface area (Å²) in [4.78, 5) is 10.7. The zero-order valence-corrected chi connectivity index (χ0v) is 11.0. The van der Waals surface area contributed by atoms with Crippen molar-refractivity contribution in [2.24, 2.45) is 5.92 Å². The third kappa shape index (κ3) is 4.06. The van der Waals surface area contributed by atoms with Gasteiger partial charge in [-0.25, -0.2) is 0 Å². The molecule has 2 nitrogen and oxygen atoms in total. The number of esters is 1. The Morgan fingerprint density at radius 2 is 2.27 bits per heavy atom. The standard InChI is InChI=1S/C12H22O2S/c1-9(2)11-5-6-12(4,15-11)7-8-14-10(3)13/h9,11H,5-8H2,1-4H3. The van der Waals surface area contributed by atoms with Crippen LogP contribution in [0, 0.1) is 5.92 Å². The lowest BCUT2D eigenvalue weighted by molar-refractivity contribution is -0.141. The van der Waals surface area contributed by atoms with Crippen LogP contribution in [0.5, 0.6) is 0 Å². The van der Waals surface area contributed by atoms with Crippen molar-refractivity contribution >= 4 is 17.7 Å². The predicted octanol–water partition coefficient (Wildman–Crippen LogP) is 3.25. The summed E-state index contributed by atoms with van der Waals surface area (Å²) in [5.41, 5.74) is 0. The van der Waals surface area contributed by atoms with Crippen molar-refractivity contribution in [3.63, 3.8) is 0 Å². The van der Waals surface area contributed by atoms with Crippen LogP contribution in [0.3, 0.4) is 0 Å². The summed E-state index contributed by atoms with van der Waals surface area (Å²) in [5.74, 6) is 0.590. The fraction of sp³-hybridized carbons (Fsp3) is 0.917. The van der Waals surface area contributed by atoms with Crippen molar-refractivity contribution in [3.8, 4) is 0 Å². The van der Waals surface area contributed by atoms with Crippen molar-refractivity contribution in [3.05, 3.63) is 0 Å². The fourth-order valence-electron chi connectivity index (χ4n) is 1.99. The second-order valence-corrected chi connectivity index (χ2v) is 6.81. The molecule has 2 atom stereocenters. The van der Waals surface area contributed by atoms with Gasteiger partial charge in [-0.05, 0) is 25.2 Å². The van der Waals surface area contributed by atoms with E-state index >= 15 is 0 Å². The third-order valence-corrected chi connectivity index (χ3v) is 5.13. The summed E-state index contributed by atoms with van der Waals surface area (Å²) in [5, 5.41) is 0.785. The molecule has 0 bridgehead atoms. The second kappa shape index (κ2) is 5.24. The average molecular weight is 230 g/mol. The molecule has 15 heavy (non-hydrogen) atoms. The maximum atomic E-state index is 10.7. The first-order valence-corrected chi connectivity index (χ1v) is 6.62. The van der Waals surface area contributed by atoms with E-state index in [2.05, 4.69) is 32.5 Å². The Morgan fingerprint density at radius 3 is 2.73 bits per heavy atom. The summed E-state index contributed by atoms with van der Waals surface area (Å²) in [7, 11) is 0. The molecule has 0 aliphatic carbocycles. The van der Waals surface area contributed by atoms with E-state index in [1.54, 1.807) is 0 Å². The highest BCUT2D eigenvalue weighted by Gasteiger charge is 2.36. The molecule has 1 fully saturated rings. The quantitative estimate of drug-likeness (QED) is 0.693. The molecule has 1 rings (SSSR count). The number of thioether (sulfide) groups is 1. The highest BCUT2D eigenvalue weighted by Crippen LogP contribution is 2.47. The first-order valence-electron chi connectivity index (χ1n) is 5.74. The molecule has 0 aromatic heterocycles. The molecular weight excluding hydrogens is 208 g/mol. The van der Waals surface area contributed by atoms with E-state index in [-0.39, 0.29) is 5.97 Å². The second-order valence-electron chi connectivity index (χ2n) is 4.98. The predicted molar refractivity (Wildman–Crippen MR) is 65.1 cm³/mol. The molecule has 0 radical (unpaired) electrons. The Labute approximate surface area is 97.1 Å². The Morgan fingerprint density at radius 1 is 1.60 bits per heavy atom. The Bertz CT molecular complexity index is 228. The smallest absolute Gasteiger partial charge is 0.302 e. The van der Waals surface area contributed by atoms with E-state index in [1.807, 2.05) is 0 Å². The van der Waals surface area contributed by atoms with Gasteiger partial charge in [-0.1, -0.05) is 20.8 Å². The average Bonchev–Trinajstić information content (AvgIpc) is 2.47. The van der Waals surface area contributed by atoms with Gasteiger partial charge in [-0.3, -0.25) is 4.79 Å².